The van der Waals surface area contributed by atoms with Gasteiger partial charge in [-0.2, -0.15) is 24.9 Å². The van der Waals surface area contributed by atoms with E-state index in [1.807, 2.05) is 55.7 Å². The van der Waals surface area contributed by atoms with E-state index in [0.29, 0.717) is 11.3 Å². The molecule has 0 radical (unpaired) electrons. The molecule has 0 saturated carbocycles. The number of carboxylic acids is 3. The largest absolute Gasteiger partial charge is 0.490 e. The lowest BCUT2D eigenvalue weighted by atomic mass is 9.83. The number of benzene rings is 2. The van der Waals surface area contributed by atoms with Gasteiger partial charge in [-0.25, -0.2) is 18.4 Å². The lowest BCUT2D eigenvalue weighted by molar-refractivity contribution is -0.192. The zero-order valence-corrected chi connectivity index (χ0v) is 40.7. The highest BCUT2D eigenvalue weighted by Gasteiger charge is 2.39. The predicted molar refractivity (Wildman–Crippen MR) is 251 cm³/mol. The minimum absolute atomic E-state index is 0.00282. The molecular weight excluding hydrogens is 984 g/mol. The molecule has 1 aromatic heterocycles. The number of alkyl halides is 3. The molecule has 0 spiro atoms. The Labute approximate surface area is 414 Å². The summed E-state index contributed by atoms with van der Waals surface area (Å²) in [6.07, 6.45) is -4.91. The van der Waals surface area contributed by atoms with Crippen LogP contribution in [0.4, 0.5) is 22.0 Å². The van der Waals surface area contributed by atoms with Crippen LogP contribution >= 0.6 is 11.8 Å². The zero-order chi connectivity index (χ0) is 54.7. The number of nitrogens with one attached hydrogen (secondary N) is 4. The Bertz CT molecular complexity index is 2400. The second-order valence-corrected chi connectivity index (χ2v) is 18.4. The molecule has 0 bridgehead atoms. The molecule has 0 saturated heterocycles. The van der Waals surface area contributed by atoms with Gasteiger partial charge in [0, 0.05) is 54.8 Å². The number of nitrogens with two attached hydrogens (primary N) is 2. The van der Waals surface area contributed by atoms with E-state index in [2.05, 4.69) is 21.3 Å². The van der Waals surface area contributed by atoms with Crippen LogP contribution in [0.2, 0.25) is 0 Å². The minimum Gasteiger partial charge on any atom is -0.481 e. The van der Waals surface area contributed by atoms with Crippen LogP contribution in [0.3, 0.4) is 0 Å². The van der Waals surface area contributed by atoms with Gasteiger partial charge in [0.1, 0.15) is 29.8 Å². The number of halogens is 5. The van der Waals surface area contributed by atoms with Crippen molar-refractivity contribution in [3.63, 3.8) is 0 Å². The average Bonchev–Trinajstić information content (AvgIpc) is 3.67. The molecule has 20 nitrogen and oxygen atoms in total. The number of rotatable bonds is 25. The van der Waals surface area contributed by atoms with Crippen LogP contribution < -0.4 is 32.7 Å². The first-order valence-electron chi connectivity index (χ1n) is 22.0. The molecule has 396 valence electrons. The van der Waals surface area contributed by atoms with Crippen LogP contribution in [-0.4, -0.2) is 133 Å². The van der Waals surface area contributed by atoms with Crippen molar-refractivity contribution in [2.24, 2.45) is 16.9 Å². The molecule has 0 aliphatic heterocycles. The Kier molecular flexibility index (Phi) is 23.8. The predicted octanol–water partition coefficient (Wildman–Crippen LogP) is 2.92. The van der Waals surface area contributed by atoms with Crippen molar-refractivity contribution in [3.8, 4) is 11.1 Å². The van der Waals surface area contributed by atoms with Gasteiger partial charge in [0.05, 0.1) is 30.7 Å². The number of nitrogens with zero attached hydrogens (tertiary/aromatic N) is 2. The average molecular weight is 1040 g/mol. The molecule has 3 rings (SSSR count). The van der Waals surface area contributed by atoms with Crippen LogP contribution in [-0.2, 0) is 49.7 Å². The first kappa shape index (κ1) is 61.0. The number of carbonyl (C=O) groups excluding carboxylic acids is 6. The maximum absolute atomic E-state index is 15.3. The maximum atomic E-state index is 15.3. The van der Waals surface area contributed by atoms with Gasteiger partial charge in [0.2, 0.25) is 35.4 Å². The second kappa shape index (κ2) is 28.1. The van der Waals surface area contributed by atoms with Gasteiger partial charge in [0.25, 0.3) is 0 Å². The quantitative estimate of drug-likeness (QED) is 0.0436. The number of amides is 6. The number of hydrogen-bond acceptors (Lipinski definition) is 11. The van der Waals surface area contributed by atoms with E-state index < -0.39 is 120 Å². The van der Waals surface area contributed by atoms with Crippen LogP contribution in [0.15, 0.2) is 60.8 Å². The molecule has 72 heavy (non-hydrogen) atoms. The van der Waals surface area contributed by atoms with E-state index >= 15 is 4.39 Å². The van der Waals surface area contributed by atoms with Crippen LogP contribution in [0, 0.1) is 17.0 Å². The van der Waals surface area contributed by atoms with Gasteiger partial charge in [-0.3, -0.25) is 33.6 Å². The van der Waals surface area contributed by atoms with Crippen molar-refractivity contribution in [1.29, 1.82) is 0 Å². The molecule has 2 aromatic carbocycles. The number of primary amides is 1. The smallest absolute Gasteiger partial charge is 0.481 e. The third-order valence-corrected chi connectivity index (χ3v) is 11.1. The molecule has 5 atom stereocenters. The van der Waals surface area contributed by atoms with E-state index in [4.69, 9.17) is 26.5 Å². The molecule has 0 aliphatic rings. The van der Waals surface area contributed by atoms with Gasteiger partial charge in [-0.1, -0.05) is 51.1 Å². The Morgan fingerprint density at radius 2 is 1.44 bits per heavy atom. The van der Waals surface area contributed by atoms with Crippen molar-refractivity contribution in [2.75, 3.05) is 24.6 Å². The minimum atomic E-state index is -5.08. The molecular formula is C46H59F5N8O12S. The van der Waals surface area contributed by atoms with E-state index in [0.717, 1.165) is 35.5 Å². The lowest BCUT2D eigenvalue weighted by Gasteiger charge is -2.41. The van der Waals surface area contributed by atoms with Crippen molar-refractivity contribution in [2.45, 2.75) is 103 Å². The van der Waals surface area contributed by atoms with Crippen molar-refractivity contribution in [1.82, 2.24) is 30.7 Å². The lowest BCUT2D eigenvalue weighted by Crippen LogP contribution is -2.55. The van der Waals surface area contributed by atoms with Gasteiger partial charge < -0.3 is 57.5 Å². The third kappa shape index (κ3) is 20.7. The normalized spacial score (nSPS) is 13.4. The number of hydrogen-bond donors (Lipinski definition) is 9. The molecule has 1 heterocycles. The first-order chi connectivity index (χ1) is 33.4. The SMILES string of the molecule is CC(N)C(=O)NC(C)C(=O)NC(CC(N)=O)C(=O)NCCCN(C(=O)CSCCC(=O)NC(CC(=O)O)C(=O)O)C(c1cc(-c2cc(F)ccc2F)cn1Cc1ccccc1)C(C)(C)C.O=C(O)C(F)(F)F. The first-order valence-corrected chi connectivity index (χ1v) is 23.1. The standard InChI is InChI=1S/C44H58F2N8O10S.C2HF3O2/c1-25(47)40(60)50-26(2)41(61)52-32(20-35(48)55)42(62)49-15-9-16-54(37(57)24-65-17-14-36(56)51-33(43(63)64)21-38(58)59)39(44(3,4)5)34-18-28(30-19-29(45)12-13-31(30)46)23-53(34)22-27-10-7-6-8-11-27;3-2(4,5)1(6)7/h6-8,10-13,18-19,23,25-26,32-33,39H,9,14-17,20-22,24,47H2,1-5H3,(H2,48,55)(H,49,62)(H,50,60)(H,51,56)(H,52,61)(H,58,59)(H,63,64);(H,6,7). The van der Waals surface area contributed by atoms with Gasteiger partial charge in [0.15, 0.2) is 0 Å². The van der Waals surface area contributed by atoms with Gasteiger partial charge in [-0.15, -0.1) is 0 Å². The van der Waals surface area contributed by atoms with Crippen LogP contribution in [0.25, 0.3) is 11.1 Å². The number of carbonyl (C=O) groups is 9. The fourth-order valence-corrected chi connectivity index (χ4v) is 7.57. The molecule has 11 N–H and O–H groups in total. The molecule has 0 fully saturated rings. The second-order valence-electron chi connectivity index (χ2n) is 17.3. The summed E-state index contributed by atoms with van der Waals surface area (Å²) in [4.78, 5) is 110. The summed E-state index contributed by atoms with van der Waals surface area (Å²) in [5.74, 6) is -11.4. The monoisotopic (exact) mass is 1040 g/mol. The summed E-state index contributed by atoms with van der Waals surface area (Å²) >= 11 is 1.07. The molecule has 5 unspecified atom stereocenters. The van der Waals surface area contributed by atoms with Gasteiger partial charge >= 0.3 is 24.1 Å². The summed E-state index contributed by atoms with van der Waals surface area (Å²) in [5, 5.41) is 35.1. The van der Waals surface area contributed by atoms with Crippen molar-refractivity contribution in [3.05, 3.63) is 83.7 Å². The van der Waals surface area contributed by atoms with E-state index in [9.17, 15) is 61.0 Å². The fourth-order valence-electron chi connectivity index (χ4n) is 6.76. The maximum Gasteiger partial charge on any atom is 0.490 e. The summed E-state index contributed by atoms with van der Waals surface area (Å²) in [7, 11) is 0. The number of thioether (sulfide) groups is 1. The Hall–Kier alpha value is -7.09. The highest BCUT2D eigenvalue weighted by Crippen LogP contribution is 2.41. The highest BCUT2D eigenvalue weighted by molar-refractivity contribution is 7.99. The third-order valence-electron chi connectivity index (χ3n) is 10.1. The molecule has 26 heteroatoms. The summed E-state index contributed by atoms with van der Waals surface area (Å²) in [6.45, 7) is 8.68. The fraction of sp³-hybridized carbons (Fsp3) is 0.457. The summed E-state index contributed by atoms with van der Waals surface area (Å²) < 4.78 is 63.4. The number of carboxylic acid groups (broad SMARTS) is 3. The number of aliphatic carboxylic acids is 3. The molecule has 6 amide bonds. The Balaban J connectivity index is 0.00000235. The Morgan fingerprint density at radius 1 is 0.819 bits per heavy atom. The van der Waals surface area contributed by atoms with Crippen LogP contribution in [0.5, 0.6) is 0 Å². The van der Waals surface area contributed by atoms with E-state index in [1.165, 1.54) is 13.8 Å². The van der Waals surface area contributed by atoms with Crippen molar-refractivity contribution < 1.29 is 80.4 Å². The highest BCUT2D eigenvalue weighted by atomic mass is 32.2. The van der Waals surface area contributed by atoms with E-state index in [-0.39, 0.29) is 49.5 Å². The Morgan fingerprint density at radius 3 is 1.99 bits per heavy atom. The number of aromatic nitrogens is 1. The van der Waals surface area contributed by atoms with Crippen molar-refractivity contribution >= 4 is 65.1 Å². The van der Waals surface area contributed by atoms with Crippen LogP contribution in [0.1, 0.15) is 77.6 Å². The summed E-state index contributed by atoms with van der Waals surface area (Å²) in [5.41, 5.74) is 12.0. The molecule has 0 aliphatic carbocycles. The zero-order valence-electron chi connectivity index (χ0n) is 39.9. The summed E-state index contributed by atoms with van der Waals surface area (Å²) in [6, 6.07) is 8.29. The van der Waals surface area contributed by atoms with E-state index in [1.54, 1.807) is 17.2 Å². The van der Waals surface area contributed by atoms with Gasteiger partial charge in [-0.05, 0) is 55.5 Å². The molecule has 3 aromatic rings. The topological polar surface area (TPSA) is 323 Å².